The molecule has 5 heteroatoms. The molecule has 0 spiro atoms. The van der Waals surface area contributed by atoms with Gasteiger partial charge in [0.25, 0.3) is 0 Å². The fraction of sp³-hybridized carbons (Fsp3) is 0.375. The first-order chi connectivity index (χ1) is 10.2. The number of anilines is 1. The van der Waals surface area contributed by atoms with E-state index in [4.69, 9.17) is 0 Å². The number of hydrogen-bond acceptors (Lipinski definition) is 3. The van der Waals surface area contributed by atoms with Gasteiger partial charge < -0.3 is 4.90 Å². The van der Waals surface area contributed by atoms with Crippen molar-refractivity contribution >= 4 is 5.82 Å². The van der Waals surface area contributed by atoms with Crippen LogP contribution in [0.1, 0.15) is 18.4 Å². The maximum atomic E-state index is 13.2. The molecule has 3 nitrogen and oxygen atoms in total. The number of halogens is 2. The number of aromatic nitrogens is 2. The molecular weight excluding hydrogens is 272 g/mol. The Morgan fingerprint density at radius 3 is 2.57 bits per heavy atom. The molecule has 1 aromatic heterocycles. The van der Waals surface area contributed by atoms with E-state index in [-0.39, 0.29) is 0 Å². The zero-order valence-electron chi connectivity index (χ0n) is 11.7. The van der Waals surface area contributed by atoms with E-state index in [0.717, 1.165) is 43.7 Å². The number of benzene rings is 1. The Hall–Kier alpha value is -2.04. The molecule has 1 saturated heterocycles. The third kappa shape index (κ3) is 3.35. The van der Waals surface area contributed by atoms with Gasteiger partial charge in [0, 0.05) is 25.5 Å². The highest BCUT2D eigenvalue weighted by atomic mass is 19.2. The Kier molecular flexibility index (Phi) is 4.08. The lowest BCUT2D eigenvalue weighted by atomic mass is 9.90. The Labute approximate surface area is 122 Å². The summed E-state index contributed by atoms with van der Waals surface area (Å²) in [5, 5.41) is 0. The van der Waals surface area contributed by atoms with Gasteiger partial charge in [-0.3, -0.25) is 4.98 Å². The van der Waals surface area contributed by atoms with E-state index in [1.165, 1.54) is 12.1 Å². The van der Waals surface area contributed by atoms with Crippen LogP contribution in [0.4, 0.5) is 14.6 Å². The van der Waals surface area contributed by atoms with Crippen molar-refractivity contribution in [3.8, 4) is 0 Å². The van der Waals surface area contributed by atoms with Gasteiger partial charge in [0.1, 0.15) is 5.82 Å². The molecule has 0 saturated carbocycles. The van der Waals surface area contributed by atoms with Gasteiger partial charge in [-0.05, 0) is 42.9 Å². The van der Waals surface area contributed by atoms with Crippen LogP contribution in [0.25, 0.3) is 0 Å². The van der Waals surface area contributed by atoms with Gasteiger partial charge in [0.15, 0.2) is 11.6 Å². The first kappa shape index (κ1) is 13.9. The minimum Gasteiger partial charge on any atom is -0.355 e. The maximum absolute atomic E-state index is 13.2. The molecule has 1 aliphatic heterocycles. The fourth-order valence-electron chi connectivity index (χ4n) is 2.82. The Bertz CT molecular complexity index is 596. The molecule has 0 radical (unpaired) electrons. The Morgan fingerprint density at radius 1 is 1.10 bits per heavy atom. The van der Waals surface area contributed by atoms with Crippen LogP contribution in [-0.2, 0) is 6.42 Å². The molecule has 0 aliphatic carbocycles. The second kappa shape index (κ2) is 6.16. The molecule has 0 N–H and O–H groups in total. The number of nitrogens with zero attached hydrogens (tertiary/aromatic N) is 3. The van der Waals surface area contributed by atoms with E-state index in [0.29, 0.717) is 5.92 Å². The molecular formula is C16H17F2N3. The van der Waals surface area contributed by atoms with Crippen molar-refractivity contribution in [3.05, 3.63) is 54.0 Å². The summed E-state index contributed by atoms with van der Waals surface area (Å²) < 4.78 is 26.1. The van der Waals surface area contributed by atoms with Gasteiger partial charge in [-0.2, -0.15) is 0 Å². The van der Waals surface area contributed by atoms with E-state index >= 15 is 0 Å². The summed E-state index contributed by atoms with van der Waals surface area (Å²) in [6.45, 7) is 1.85. The first-order valence-electron chi connectivity index (χ1n) is 7.17. The zero-order valence-corrected chi connectivity index (χ0v) is 11.7. The summed E-state index contributed by atoms with van der Waals surface area (Å²) in [6.07, 6.45) is 7.98. The minimum atomic E-state index is -0.781. The predicted octanol–water partition coefficient (Wildman–Crippen LogP) is 3.21. The van der Waals surface area contributed by atoms with Crippen molar-refractivity contribution in [2.24, 2.45) is 5.92 Å². The van der Waals surface area contributed by atoms with Crippen molar-refractivity contribution in [1.82, 2.24) is 9.97 Å². The summed E-state index contributed by atoms with van der Waals surface area (Å²) in [7, 11) is 0. The molecule has 1 fully saturated rings. The van der Waals surface area contributed by atoms with Gasteiger partial charge in [-0.15, -0.1) is 0 Å². The topological polar surface area (TPSA) is 29.0 Å². The highest BCUT2D eigenvalue weighted by molar-refractivity contribution is 5.35. The fourth-order valence-corrected chi connectivity index (χ4v) is 2.82. The third-order valence-electron chi connectivity index (χ3n) is 4.00. The van der Waals surface area contributed by atoms with E-state index in [1.807, 2.05) is 0 Å². The molecule has 2 heterocycles. The summed E-state index contributed by atoms with van der Waals surface area (Å²) in [6, 6.07) is 4.19. The Morgan fingerprint density at radius 2 is 1.90 bits per heavy atom. The first-order valence-corrected chi connectivity index (χ1v) is 7.17. The van der Waals surface area contributed by atoms with Crippen molar-refractivity contribution in [2.45, 2.75) is 19.3 Å². The largest absolute Gasteiger partial charge is 0.355 e. The van der Waals surface area contributed by atoms with Crippen molar-refractivity contribution in [3.63, 3.8) is 0 Å². The zero-order chi connectivity index (χ0) is 14.7. The molecule has 1 aromatic carbocycles. The van der Waals surface area contributed by atoms with E-state index < -0.39 is 11.6 Å². The van der Waals surface area contributed by atoms with Crippen LogP contribution in [0, 0.1) is 17.6 Å². The SMILES string of the molecule is Fc1ccc(CC2CCN(c3cnccn3)CC2)cc1F. The van der Waals surface area contributed by atoms with Crippen molar-refractivity contribution in [2.75, 3.05) is 18.0 Å². The second-order valence-corrected chi connectivity index (χ2v) is 5.45. The summed E-state index contributed by atoms with van der Waals surface area (Å²) >= 11 is 0. The van der Waals surface area contributed by atoms with E-state index in [2.05, 4.69) is 14.9 Å². The molecule has 3 rings (SSSR count). The molecule has 0 bridgehead atoms. The van der Waals surface area contributed by atoms with E-state index in [9.17, 15) is 8.78 Å². The van der Waals surface area contributed by atoms with Crippen LogP contribution in [0.5, 0.6) is 0 Å². The standard InChI is InChI=1S/C16H17F2N3/c17-14-2-1-13(10-15(14)18)9-12-3-7-21(8-4-12)16-11-19-5-6-20-16/h1-2,5-6,10-12H,3-4,7-9H2. The van der Waals surface area contributed by atoms with Crippen LogP contribution in [-0.4, -0.2) is 23.1 Å². The monoisotopic (exact) mass is 289 g/mol. The quantitative estimate of drug-likeness (QED) is 0.869. The molecule has 0 atom stereocenters. The van der Waals surface area contributed by atoms with Crippen molar-refractivity contribution in [1.29, 1.82) is 0 Å². The number of piperidine rings is 1. The molecule has 2 aromatic rings. The van der Waals surface area contributed by atoms with Crippen LogP contribution < -0.4 is 4.90 Å². The normalized spacial score (nSPS) is 16.2. The van der Waals surface area contributed by atoms with Crippen LogP contribution in [0.2, 0.25) is 0 Å². The van der Waals surface area contributed by atoms with Crippen LogP contribution in [0.15, 0.2) is 36.8 Å². The molecule has 1 aliphatic rings. The number of rotatable bonds is 3. The summed E-state index contributed by atoms with van der Waals surface area (Å²) in [5.41, 5.74) is 0.867. The lowest BCUT2D eigenvalue weighted by molar-refractivity contribution is 0.400. The maximum Gasteiger partial charge on any atom is 0.159 e. The van der Waals surface area contributed by atoms with Gasteiger partial charge in [-0.25, -0.2) is 13.8 Å². The van der Waals surface area contributed by atoms with Crippen LogP contribution >= 0.6 is 0 Å². The molecule has 21 heavy (non-hydrogen) atoms. The second-order valence-electron chi connectivity index (χ2n) is 5.45. The van der Waals surface area contributed by atoms with Gasteiger partial charge in [0.2, 0.25) is 0 Å². The van der Waals surface area contributed by atoms with Crippen LogP contribution in [0.3, 0.4) is 0 Å². The Balaban J connectivity index is 1.57. The van der Waals surface area contributed by atoms with Crippen molar-refractivity contribution < 1.29 is 8.78 Å². The van der Waals surface area contributed by atoms with Gasteiger partial charge >= 0.3 is 0 Å². The minimum absolute atomic E-state index is 0.503. The highest BCUT2D eigenvalue weighted by Gasteiger charge is 2.20. The predicted molar refractivity (Wildman–Crippen MR) is 77.0 cm³/mol. The van der Waals surface area contributed by atoms with Gasteiger partial charge in [-0.1, -0.05) is 6.07 Å². The van der Waals surface area contributed by atoms with Gasteiger partial charge in [0.05, 0.1) is 6.20 Å². The van der Waals surface area contributed by atoms with E-state index in [1.54, 1.807) is 24.7 Å². The lowest BCUT2D eigenvalue weighted by Gasteiger charge is -2.32. The average molecular weight is 289 g/mol. The summed E-state index contributed by atoms with van der Waals surface area (Å²) in [4.78, 5) is 10.6. The molecule has 0 amide bonds. The lowest BCUT2D eigenvalue weighted by Crippen LogP contribution is -2.34. The third-order valence-corrected chi connectivity index (χ3v) is 4.00. The summed E-state index contributed by atoms with van der Waals surface area (Å²) in [5.74, 6) is -0.132. The number of hydrogen-bond donors (Lipinski definition) is 0. The average Bonchev–Trinajstić information content (AvgIpc) is 2.53. The smallest absolute Gasteiger partial charge is 0.159 e. The highest BCUT2D eigenvalue weighted by Crippen LogP contribution is 2.24. The molecule has 110 valence electrons. The molecule has 0 unspecified atom stereocenters.